The summed E-state index contributed by atoms with van der Waals surface area (Å²) in [5.74, 6) is 0.330. The molecule has 1 aromatic carbocycles. The highest BCUT2D eigenvalue weighted by molar-refractivity contribution is 5.82. The van der Waals surface area contributed by atoms with E-state index in [0.29, 0.717) is 12.8 Å². The van der Waals surface area contributed by atoms with Gasteiger partial charge in [0.05, 0.1) is 0 Å². The monoisotopic (exact) mass is 272 g/mol. The van der Waals surface area contributed by atoms with Gasteiger partial charge in [-0.05, 0) is 30.9 Å². The number of hydrogen-bond donors (Lipinski definition) is 0. The average Bonchev–Trinajstić information content (AvgIpc) is 3.03. The summed E-state index contributed by atoms with van der Waals surface area (Å²) in [4.78, 5) is 28.1. The molecule has 0 radical (unpaired) electrons. The minimum Gasteiger partial charge on any atom is -0.318 e. The molecule has 2 saturated heterocycles. The fourth-order valence-corrected chi connectivity index (χ4v) is 3.24. The van der Waals surface area contributed by atoms with Crippen LogP contribution in [0.2, 0.25) is 0 Å². The van der Waals surface area contributed by atoms with Crippen molar-refractivity contribution >= 4 is 11.8 Å². The third-order valence-electron chi connectivity index (χ3n) is 4.28. The highest BCUT2D eigenvalue weighted by Crippen LogP contribution is 2.33. The quantitative estimate of drug-likeness (QED) is 0.846. The van der Waals surface area contributed by atoms with E-state index in [1.807, 2.05) is 41.0 Å². The summed E-state index contributed by atoms with van der Waals surface area (Å²) in [7, 11) is 0. The molecule has 3 rings (SSSR count). The number of amides is 2. The van der Waals surface area contributed by atoms with Crippen molar-refractivity contribution in [2.75, 3.05) is 13.1 Å². The van der Waals surface area contributed by atoms with E-state index in [4.69, 9.17) is 0 Å². The van der Waals surface area contributed by atoms with Crippen molar-refractivity contribution in [3.8, 4) is 0 Å². The Balaban J connectivity index is 2.01. The Kier molecular flexibility index (Phi) is 3.47. The van der Waals surface area contributed by atoms with Crippen molar-refractivity contribution in [2.45, 2.75) is 38.8 Å². The van der Waals surface area contributed by atoms with Crippen LogP contribution in [0.5, 0.6) is 0 Å². The Labute approximate surface area is 119 Å². The van der Waals surface area contributed by atoms with Crippen LogP contribution < -0.4 is 0 Å². The van der Waals surface area contributed by atoms with Crippen LogP contribution in [0.3, 0.4) is 0 Å². The average molecular weight is 272 g/mol. The first-order chi connectivity index (χ1) is 9.68. The minimum atomic E-state index is -0.207. The maximum absolute atomic E-state index is 12.2. The zero-order valence-electron chi connectivity index (χ0n) is 11.8. The van der Waals surface area contributed by atoms with Gasteiger partial charge in [0, 0.05) is 25.9 Å². The Bertz CT molecular complexity index is 515. The minimum absolute atomic E-state index is 0.165. The fourth-order valence-electron chi connectivity index (χ4n) is 3.24. The number of carbonyl (C=O) groups excluding carboxylic acids is 2. The Morgan fingerprint density at radius 1 is 0.950 bits per heavy atom. The molecule has 20 heavy (non-hydrogen) atoms. The summed E-state index contributed by atoms with van der Waals surface area (Å²) in [6, 6.07) is 8.06. The number of hydrogen-bond acceptors (Lipinski definition) is 2. The summed E-state index contributed by atoms with van der Waals surface area (Å²) in [6.45, 7) is 3.55. The second-order valence-electron chi connectivity index (χ2n) is 5.61. The van der Waals surface area contributed by atoms with E-state index in [0.717, 1.165) is 37.1 Å². The van der Waals surface area contributed by atoms with Gasteiger partial charge < -0.3 is 9.80 Å². The lowest BCUT2D eigenvalue weighted by Crippen LogP contribution is -2.43. The maximum Gasteiger partial charge on any atom is 0.224 e. The number of nitrogens with zero attached hydrogens (tertiary/aromatic N) is 2. The zero-order valence-corrected chi connectivity index (χ0v) is 11.8. The Morgan fingerprint density at radius 3 is 1.95 bits per heavy atom. The molecule has 0 unspecified atom stereocenters. The van der Waals surface area contributed by atoms with Gasteiger partial charge in [-0.15, -0.1) is 0 Å². The van der Waals surface area contributed by atoms with Gasteiger partial charge >= 0.3 is 0 Å². The molecular formula is C16H20N2O2. The van der Waals surface area contributed by atoms with Crippen molar-refractivity contribution in [2.24, 2.45) is 0 Å². The fraction of sp³-hybridized carbons (Fsp3) is 0.500. The van der Waals surface area contributed by atoms with Gasteiger partial charge in [0.1, 0.15) is 6.17 Å². The lowest BCUT2D eigenvalue weighted by molar-refractivity contribution is -0.140. The van der Waals surface area contributed by atoms with Crippen LogP contribution in [0.4, 0.5) is 0 Å². The topological polar surface area (TPSA) is 40.6 Å². The van der Waals surface area contributed by atoms with E-state index in [1.165, 1.54) is 0 Å². The molecule has 0 saturated carbocycles. The maximum atomic E-state index is 12.2. The third kappa shape index (κ3) is 2.19. The summed E-state index contributed by atoms with van der Waals surface area (Å²) in [6.07, 6.45) is 2.78. The van der Waals surface area contributed by atoms with Gasteiger partial charge in [0.15, 0.2) is 0 Å². The molecule has 2 heterocycles. The van der Waals surface area contributed by atoms with E-state index in [9.17, 15) is 9.59 Å². The number of aryl methyl sites for hydroxylation is 1. The van der Waals surface area contributed by atoms with Crippen LogP contribution in [-0.2, 0) is 9.59 Å². The molecule has 0 bridgehead atoms. The van der Waals surface area contributed by atoms with Gasteiger partial charge in [0.25, 0.3) is 0 Å². The molecule has 2 aliphatic heterocycles. The van der Waals surface area contributed by atoms with Gasteiger partial charge in [0.2, 0.25) is 11.8 Å². The second kappa shape index (κ2) is 5.27. The number of rotatable bonds is 3. The molecule has 2 aliphatic rings. The predicted molar refractivity (Wildman–Crippen MR) is 75.8 cm³/mol. The molecule has 0 atom stereocenters. The van der Waals surface area contributed by atoms with Crippen LogP contribution in [0.1, 0.15) is 43.0 Å². The first-order valence-corrected chi connectivity index (χ1v) is 7.33. The van der Waals surface area contributed by atoms with Crippen molar-refractivity contribution in [1.29, 1.82) is 0 Å². The highest BCUT2D eigenvalue weighted by Gasteiger charge is 2.37. The first kappa shape index (κ1) is 13.2. The van der Waals surface area contributed by atoms with E-state index in [-0.39, 0.29) is 18.0 Å². The third-order valence-corrected chi connectivity index (χ3v) is 4.28. The van der Waals surface area contributed by atoms with Crippen LogP contribution >= 0.6 is 0 Å². The van der Waals surface area contributed by atoms with Crippen LogP contribution in [0.25, 0.3) is 0 Å². The first-order valence-electron chi connectivity index (χ1n) is 7.33. The normalized spacial score (nSPS) is 19.5. The summed E-state index contributed by atoms with van der Waals surface area (Å²) in [5.41, 5.74) is 2.22. The lowest BCUT2D eigenvalue weighted by Gasteiger charge is -2.36. The van der Waals surface area contributed by atoms with Gasteiger partial charge in [-0.3, -0.25) is 9.59 Å². The largest absolute Gasteiger partial charge is 0.318 e. The zero-order chi connectivity index (χ0) is 14.1. The Morgan fingerprint density at radius 2 is 1.50 bits per heavy atom. The molecule has 106 valence electrons. The van der Waals surface area contributed by atoms with Crippen molar-refractivity contribution < 1.29 is 9.59 Å². The van der Waals surface area contributed by atoms with E-state index in [1.54, 1.807) is 0 Å². The van der Waals surface area contributed by atoms with E-state index >= 15 is 0 Å². The smallest absolute Gasteiger partial charge is 0.224 e. The molecule has 0 spiro atoms. The highest BCUT2D eigenvalue weighted by atomic mass is 16.2. The molecule has 0 aromatic heterocycles. The van der Waals surface area contributed by atoms with Crippen LogP contribution in [0, 0.1) is 6.92 Å². The van der Waals surface area contributed by atoms with Crippen LogP contribution in [0.15, 0.2) is 24.3 Å². The molecule has 4 nitrogen and oxygen atoms in total. The SMILES string of the molecule is Cc1ccccc1C(N1CCCC1=O)N1CCCC1=O. The summed E-state index contributed by atoms with van der Waals surface area (Å²) >= 11 is 0. The molecule has 0 N–H and O–H groups in total. The molecule has 2 fully saturated rings. The number of carbonyl (C=O) groups is 2. The van der Waals surface area contributed by atoms with Crippen molar-refractivity contribution in [3.05, 3.63) is 35.4 Å². The molecule has 1 aromatic rings. The Hall–Kier alpha value is -1.84. The van der Waals surface area contributed by atoms with Crippen molar-refractivity contribution in [3.63, 3.8) is 0 Å². The number of benzene rings is 1. The predicted octanol–water partition coefficient (Wildman–Crippen LogP) is 2.24. The summed E-state index contributed by atoms with van der Waals surface area (Å²) < 4.78 is 0. The lowest BCUT2D eigenvalue weighted by atomic mass is 10.0. The molecular weight excluding hydrogens is 252 g/mol. The standard InChI is InChI=1S/C16H20N2O2/c1-12-6-2-3-7-13(12)16(17-10-4-8-14(17)19)18-11-5-9-15(18)20/h2-3,6-7,16H,4-5,8-11H2,1H3. The van der Waals surface area contributed by atoms with E-state index < -0.39 is 0 Å². The van der Waals surface area contributed by atoms with Gasteiger partial charge in [-0.1, -0.05) is 24.3 Å². The van der Waals surface area contributed by atoms with Gasteiger partial charge in [-0.25, -0.2) is 0 Å². The number of likely N-dealkylation sites (tertiary alicyclic amines) is 2. The van der Waals surface area contributed by atoms with E-state index in [2.05, 4.69) is 0 Å². The molecule has 2 amide bonds. The van der Waals surface area contributed by atoms with Crippen LogP contribution in [-0.4, -0.2) is 34.7 Å². The molecule has 0 aliphatic carbocycles. The second-order valence-corrected chi connectivity index (χ2v) is 5.61. The van der Waals surface area contributed by atoms with Crippen molar-refractivity contribution in [1.82, 2.24) is 9.80 Å². The summed E-state index contributed by atoms with van der Waals surface area (Å²) in [5, 5.41) is 0. The molecule has 4 heteroatoms. The van der Waals surface area contributed by atoms with Gasteiger partial charge in [-0.2, -0.15) is 0 Å².